The third kappa shape index (κ3) is 4.67. The molecule has 0 bridgehead atoms. The van der Waals surface area contributed by atoms with E-state index in [4.69, 9.17) is 9.97 Å². The Balaban J connectivity index is 1.09. The highest BCUT2D eigenvalue weighted by Crippen LogP contribution is 2.62. The zero-order chi connectivity index (χ0) is 34.6. The highest BCUT2D eigenvalue weighted by atomic mass is 32.2. The minimum absolute atomic E-state index is 0.475. The molecule has 2 heterocycles. The van der Waals surface area contributed by atoms with Gasteiger partial charge in [0, 0.05) is 26.5 Å². The van der Waals surface area contributed by atoms with E-state index in [1.54, 1.807) is 11.8 Å². The molecule has 242 valence electrons. The van der Waals surface area contributed by atoms with Gasteiger partial charge in [-0.25, -0.2) is 9.97 Å². The Kier molecular flexibility index (Phi) is 7.02. The van der Waals surface area contributed by atoms with E-state index in [2.05, 4.69) is 140 Å². The van der Waals surface area contributed by atoms with E-state index >= 15 is 0 Å². The lowest BCUT2D eigenvalue weighted by Crippen LogP contribution is -2.32. The van der Waals surface area contributed by atoms with Gasteiger partial charge in [0.1, 0.15) is 0 Å². The van der Waals surface area contributed by atoms with Crippen LogP contribution in [0.25, 0.3) is 56.2 Å². The molecule has 0 atom stereocenters. The zero-order valence-corrected chi connectivity index (χ0v) is 28.8. The highest BCUT2D eigenvalue weighted by Gasteiger charge is 2.50. The minimum atomic E-state index is -0.475. The van der Waals surface area contributed by atoms with Crippen molar-refractivity contribution in [2.24, 2.45) is 0 Å². The molecule has 0 radical (unpaired) electrons. The molecule has 1 aliphatic carbocycles. The van der Waals surface area contributed by atoms with E-state index in [9.17, 15) is 5.26 Å². The maximum atomic E-state index is 9.88. The average molecular weight is 680 g/mol. The molecular weight excluding hydrogens is 651 g/mol. The summed E-state index contributed by atoms with van der Waals surface area (Å²) < 4.78 is 0. The second-order valence-electron chi connectivity index (χ2n) is 13.2. The first-order valence-electron chi connectivity index (χ1n) is 17.4. The summed E-state index contributed by atoms with van der Waals surface area (Å²) >= 11 is 1.76. The second-order valence-corrected chi connectivity index (χ2v) is 14.3. The van der Waals surface area contributed by atoms with Crippen molar-refractivity contribution in [1.82, 2.24) is 9.97 Å². The predicted molar refractivity (Wildman–Crippen MR) is 210 cm³/mol. The van der Waals surface area contributed by atoms with Crippen molar-refractivity contribution in [2.45, 2.75) is 15.2 Å². The number of hydrogen-bond donors (Lipinski definition) is 0. The average Bonchev–Trinajstić information content (AvgIpc) is 3.51. The summed E-state index contributed by atoms with van der Waals surface area (Å²) in [5.74, 6) is 0.693. The molecule has 0 amide bonds. The van der Waals surface area contributed by atoms with Crippen molar-refractivity contribution >= 4 is 11.8 Å². The van der Waals surface area contributed by atoms with Crippen molar-refractivity contribution < 1.29 is 0 Å². The lowest BCUT2D eigenvalue weighted by atomic mass is 9.67. The molecule has 4 heteroatoms. The molecule has 1 spiro atoms. The van der Waals surface area contributed by atoms with Gasteiger partial charge in [-0.05, 0) is 68.8 Å². The standard InChI is InChI=1S/C48H29N3S/c49-30-31-19-25-41-45(27-31)52-46-28-36(24-26-42(46)48(41)39-17-9-7-15-37(39)38-16-8-10-18-40(38)48)32-20-22-35(23-21-32)47-50-43(33-11-3-1-4-12-33)29-44(51-47)34-13-5-2-6-14-34/h1-29H. The van der Waals surface area contributed by atoms with Gasteiger partial charge in [0.15, 0.2) is 5.82 Å². The van der Waals surface area contributed by atoms with Crippen LogP contribution in [0, 0.1) is 11.3 Å². The molecule has 0 unspecified atom stereocenters. The predicted octanol–water partition coefficient (Wildman–Crippen LogP) is 11.8. The van der Waals surface area contributed by atoms with Gasteiger partial charge >= 0.3 is 0 Å². The number of hydrogen-bond acceptors (Lipinski definition) is 4. The lowest BCUT2D eigenvalue weighted by molar-refractivity contribution is 0.722. The van der Waals surface area contributed by atoms with Gasteiger partial charge in [-0.2, -0.15) is 5.26 Å². The normalized spacial score (nSPS) is 13.1. The Bertz CT molecular complexity index is 2610. The van der Waals surface area contributed by atoms with E-state index < -0.39 is 5.41 Å². The smallest absolute Gasteiger partial charge is 0.160 e. The van der Waals surface area contributed by atoms with Gasteiger partial charge in [-0.15, -0.1) is 0 Å². The summed E-state index contributed by atoms with van der Waals surface area (Å²) in [5.41, 5.74) is 14.9. The van der Waals surface area contributed by atoms with Crippen molar-refractivity contribution in [2.75, 3.05) is 0 Å². The van der Waals surface area contributed by atoms with Crippen molar-refractivity contribution in [3.05, 3.63) is 204 Å². The van der Waals surface area contributed by atoms with E-state index in [0.717, 1.165) is 44.1 Å². The van der Waals surface area contributed by atoms with Crippen LogP contribution in [0.1, 0.15) is 27.8 Å². The Morgan fingerprint density at radius 2 is 0.923 bits per heavy atom. The fourth-order valence-electron chi connectivity index (χ4n) is 8.06. The number of nitriles is 1. The molecule has 0 fully saturated rings. The molecule has 7 aromatic carbocycles. The van der Waals surface area contributed by atoms with Gasteiger partial charge in [0.2, 0.25) is 0 Å². The van der Waals surface area contributed by atoms with Crippen LogP contribution in [0.3, 0.4) is 0 Å². The fraction of sp³-hybridized carbons (Fsp3) is 0.0208. The molecule has 3 nitrogen and oxygen atoms in total. The van der Waals surface area contributed by atoms with Gasteiger partial charge in [0.25, 0.3) is 0 Å². The molecule has 0 saturated heterocycles. The first kappa shape index (κ1) is 30.3. The van der Waals surface area contributed by atoms with Crippen LogP contribution < -0.4 is 0 Å². The summed E-state index contributed by atoms with van der Waals surface area (Å²) in [7, 11) is 0. The van der Waals surface area contributed by atoms with E-state index in [1.807, 2.05) is 42.5 Å². The minimum Gasteiger partial charge on any atom is -0.228 e. The highest BCUT2D eigenvalue weighted by molar-refractivity contribution is 7.99. The van der Waals surface area contributed by atoms with E-state index in [-0.39, 0.29) is 0 Å². The van der Waals surface area contributed by atoms with Gasteiger partial charge in [-0.1, -0.05) is 163 Å². The Hall–Kier alpha value is -6.54. The maximum Gasteiger partial charge on any atom is 0.160 e. The number of benzene rings is 7. The molecule has 0 N–H and O–H groups in total. The van der Waals surface area contributed by atoms with Crippen molar-refractivity contribution in [3.63, 3.8) is 0 Å². The largest absolute Gasteiger partial charge is 0.228 e. The number of fused-ring (bicyclic) bond motifs is 9. The van der Waals surface area contributed by atoms with Crippen LogP contribution in [0.2, 0.25) is 0 Å². The maximum absolute atomic E-state index is 9.88. The summed E-state index contributed by atoms with van der Waals surface area (Å²) in [6.45, 7) is 0. The topological polar surface area (TPSA) is 49.6 Å². The van der Waals surface area contributed by atoms with Gasteiger partial charge in [-0.3, -0.25) is 0 Å². The SMILES string of the molecule is N#Cc1ccc2c(c1)Sc1cc(-c3ccc(-c4nc(-c5ccccc5)cc(-c5ccccc5)n4)cc3)ccc1C21c2ccccc2-c2ccccc21. The summed E-state index contributed by atoms with van der Waals surface area (Å²) in [4.78, 5) is 12.4. The molecule has 0 saturated carbocycles. The first-order chi connectivity index (χ1) is 25.7. The Labute approximate surface area is 307 Å². The lowest BCUT2D eigenvalue weighted by Gasteiger charge is -2.40. The summed E-state index contributed by atoms with van der Waals surface area (Å²) in [6.07, 6.45) is 0. The van der Waals surface area contributed by atoms with Crippen molar-refractivity contribution in [1.29, 1.82) is 5.26 Å². The van der Waals surface area contributed by atoms with Crippen LogP contribution in [0.5, 0.6) is 0 Å². The molecule has 1 aromatic heterocycles. The Morgan fingerprint density at radius 3 is 1.52 bits per heavy atom. The molecule has 1 aliphatic heterocycles. The zero-order valence-electron chi connectivity index (χ0n) is 28.0. The number of rotatable bonds is 4. The van der Waals surface area contributed by atoms with Crippen LogP contribution in [-0.4, -0.2) is 9.97 Å². The molecule has 8 aromatic rings. The van der Waals surface area contributed by atoms with Crippen molar-refractivity contribution in [3.8, 4) is 62.2 Å². The van der Waals surface area contributed by atoms with E-state index in [1.165, 1.54) is 38.3 Å². The molecule has 10 rings (SSSR count). The monoisotopic (exact) mass is 679 g/mol. The number of aromatic nitrogens is 2. The Morgan fingerprint density at radius 1 is 0.423 bits per heavy atom. The molecule has 2 aliphatic rings. The summed E-state index contributed by atoms with van der Waals surface area (Å²) in [6, 6.07) is 64.3. The van der Waals surface area contributed by atoms with Gasteiger partial charge in [0.05, 0.1) is 28.4 Å². The van der Waals surface area contributed by atoms with Crippen LogP contribution in [0.4, 0.5) is 0 Å². The fourth-order valence-corrected chi connectivity index (χ4v) is 9.33. The second kappa shape index (κ2) is 12.1. The van der Waals surface area contributed by atoms with E-state index in [0.29, 0.717) is 11.4 Å². The summed E-state index contributed by atoms with van der Waals surface area (Å²) in [5, 5.41) is 9.88. The van der Waals surface area contributed by atoms with Crippen LogP contribution in [-0.2, 0) is 5.41 Å². The number of nitrogens with zero attached hydrogens (tertiary/aromatic N) is 3. The van der Waals surface area contributed by atoms with Gasteiger partial charge < -0.3 is 0 Å². The molecular formula is C48H29N3S. The quantitative estimate of drug-likeness (QED) is 0.186. The third-order valence-electron chi connectivity index (χ3n) is 10.4. The van der Waals surface area contributed by atoms with Crippen LogP contribution >= 0.6 is 11.8 Å². The van der Waals surface area contributed by atoms with Crippen LogP contribution in [0.15, 0.2) is 186 Å². The molecule has 52 heavy (non-hydrogen) atoms. The first-order valence-corrected chi connectivity index (χ1v) is 18.2. The third-order valence-corrected chi connectivity index (χ3v) is 11.5.